The smallest absolute Gasteiger partial charge is 0.186 e. The van der Waals surface area contributed by atoms with Crippen molar-refractivity contribution < 1.29 is 22.6 Å². The molecule has 100 valence electrons. The molecule has 2 rings (SSSR count). The summed E-state index contributed by atoms with van der Waals surface area (Å²) >= 11 is 0. The van der Waals surface area contributed by atoms with E-state index in [1.54, 1.807) is 0 Å². The van der Waals surface area contributed by atoms with Gasteiger partial charge in [-0.25, -0.2) is 13.2 Å². The highest BCUT2D eigenvalue weighted by Crippen LogP contribution is 2.30. The molecule has 0 bridgehead atoms. The Hall–Kier alpha value is -1.07. The molecule has 0 aromatic heterocycles. The summed E-state index contributed by atoms with van der Waals surface area (Å²) in [4.78, 5) is 0. The minimum atomic E-state index is -1.19. The summed E-state index contributed by atoms with van der Waals surface area (Å²) in [6.45, 7) is 3.98. The first-order valence-corrected chi connectivity index (χ1v) is 5.91. The van der Waals surface area contributed by atoms with E-state index in [0.29, 0.717) is 13.2 Å². The van der Waals surface area contributed by atoms with Gasteiger partial charge in [0.2, 0.25) is 0 Å². The molecule has 1 aromatic carbocycles. The van der Waals surface area contributed by atoms with Gasteiger partial charge in [0.25, 0.3) is 0 Å². The van der Waals surface area contributed by atoms with Crippen molar-refractivity contribution in [2.75, 3.05) is 13.2 Å². The van der Waals surface area contributed by atoms with Crippen molar-refractivity contribution in [1.82, 2.24) is 0 Å². The molecule has 0 spiro atoms. The summed E-state index contributed by atoms with van der Waals surface area (Å²) in [6, 6.07) is 0.935. The van der Waals surface area contributed by atoms with Crippen molar-refractivity contribution in [3.05, 3.63) is 34.6 Å². The molecule has 1 fully saturated rings. The van der Waals surface area contributed by atoms with Crippen molar-refractivity contribution in [1.29, 1.82) is 0 Å². The lowest BCUT2D eigenvalue weighted by Crippen LogP contribution is -2.27. The van der Waals surface area contributed by atoms with Gasteiger partial charge in [0.1, 0.15) is 5.82 Å². The fraction of sp³-hybridized carbons (Fsp3) is 0.538. The maximum atomic E-state index is 13.7. The zero-order chi connectivity index (χ0) is 13.3. The molecule has 0 amide bonds. The lowest BCUT2D eigenvalue weighted by molar-refractivity contribution is -0.206. The Morgan fingerprint density at radius 2 is 1.78 bits per heavy atom. The molecule has 1 saturated heterocycles. The Bertz CT molecular complexity index is 440. The zero-order valence-corrected chi connectivity index (χ0v) is 10.3. The molecule has 1 heterocycles. The van der Waals surface area contributed by atoms with E-state index in [1.165, 1.54) is 6.92 Å². The summed E-state index contributed by atoms with van der Waals surface area (Å²) in [5.41, 5.74) is -0.552. The van der Waals surface area contributed by atoms with E-state index < -0.39 is 23.7 Å². The van der Waals surface area contributed by atoms with Crippen LogP contribution in [0.4, 0.5) is 13.2 Å². The first-order chi connectivity index (χ1) is 8.54. The lowest BCUT2D eigenvalue weighted by atomic mass is 10.1. The van der Waals surface area contributed by atoms with Crippen LogP contribution in [0.25, 0.3) is 0 Å². The SMILES string of the molecule is CC[C@H]1CO[C@H](c2cc(F)c(C)c(F)c2F)OC1. The molecule has 1 aromatic rings. The Kier molecular flexibility index (Phi) is 3.92. The molecule has 1 aliphatic rings. The van der Waals surface area contributed by atoms with Crippen molar-refractivity contribution in [2.24, 2.45) is 5.92 Å². The summed E-state index contributed by atoms with van der Waals surface area (Å²) in [5, 5.41) is 0. The van der Waals surface area contributed by atoms with Crippen LogP contribution in [0.3, 0.4) is 0 Å². The minimum absolute atomic E-state index is 0.217. The van der Waals surface area contributed by atoms with Crippen LogP contribution in [0.5, 0.6) is 0 Å². The monoisotopic (exact) mass is 260 g/mol. The number of halogens is 3. The van der Waals surface area contributed by atoms with Gasteiger partial charge >= 0.3 is 0 Å². The molecule has 1 aliphatic heterocycles. The molecule has 0 atom stereocenters. The second-order valence-electron chi connectivity index (χ2n) is 4.47. The van der Waals surface area contributed by atoms with Crippen molar-refractivity contribution in [3.8, 4) is 0 Å². The van der Waals surface area contributed by atoms with E-state index in [9.17, 15) is 13.2 Å². The maximum absolute atomic E-state index is 13.7. The van der Waals surface area contributed by atoms with Crippen LogP contribution in [0.2, 0.25) is 0 Å². The number of hydrogen-bond acceptors (Lipinski definition) is 2. The quantitative estimate of drug-likeness (QED) is 0.758. The van der Waals surface area contributed by atoms with Gasteiger partial charge in [-0.2, -0.15) is 0 Å². The predicted octanol–water partition coefficient (Wildman–Crippen LogP) is 3.48. The van der Waals surface area contributed by atoms with Crippen LogP contribution in [0, 0.1) is 30.3 Å². The van der Waals surface area contributed by atoms with Crippen LogP contribution in [0.1, 0.15) is 30.8 Å². The Balaban J connectivity index is 2.24. The van der Waals surface area contributed by atoms with Gasteiger partial charge < -0.3 is 9.47 Å². The Labute approximate surface area is 104 Å². The van der Waals surface area contributed by atoms with Crippen LogP contribution in [0.15, 0.2) is 6.07 Å². The first kappa shape index (κ1) is 13.4. The molecule has 0 saturated carbocycles. The second kappa shape index (κ2) is 5.28. The predicted molar refractivity (Wildman–Crippen MR) is 59.5 cm³/mol. The molecule has 2 nitrogen and oxygen atoms in total. The molecular formula is C13H15F3O2. The number of rotatable bonds is 2. The molecule has 0 unspecified atom stereocenters. The molecule has 0 aliphatic carbocycles. The van der Waals surface area contributed by atoms with E-state index in [0.717, 1.165) is 12.5 Å². The van der Waals surface area contributed by atoms with Crippen LogP contribution < -0.4 is 0 Å². The highest BCUT2D eigenvalue weighted by molar-refractivity contribution is 5.28. The lowest BCUT2D eigenvalue weighted by Gasteiger charge is -2.29. The summed E-state index contributed by atoms with van der Waals surface area (Å²) in [7, 11) is 0. The summed E-state index contributed by atoms with van der Waals surface area (Å²) in [6.07, 6.45) is -0.149. The van der Waals surface area contributed by atoms with E-state index in [-0.39, 0.29) is 17.0 Å². The third-order valence-corrected chi connectivity index (χ3v) is 3.21. The van der Waals surface area contributed by atoms with Gasteiger partial charge in [0, 0.05) is 17.0 Å². The zero-order valence-electron chi connectivity index (χ0n) is 10.3. The van der Waals surface area contributed by atoms with E-state index in [4.69, 9.17) is 9.47 Å². The van der Waals surface area contributed by atoms with E-state index >= 15 is 0 Å². The maximum Gasteiger partial charge on any atom is 0.186 e. The molecule has 0 radical (unpaired) electrons. The van der Waals surface area contributed by atoms with Gasteiger partial charge in [0.15, 0.2) is 17.9 Å². The van der Waals surface area contributed by atoms with Gasteiger partial charge in [-0.1, -0.05) is 6.92 Å². The van der Waals surface area contributed by atoms with Crippen LogP contribution in [-0.4, -0.2) is 13.2 Å². The van der Waals surface area contributed by atoms with Gasteiger partial charge in [0.05, 0.1) is 13.2 Å². The molecule has 18 heavy (non-hydrogen) atoms. The van der Waals surface area contributed by atoms with Gasteiger partial charge in [-0.15, -0.1) is 0 Å². The number of benzene rings is 1. The molecular weight excluding hydrogens is 245 g/mol. The standard InChI is InChI=1S/C13H15F3O2/c1-3-8-5-17-13(18-6-8)9-4-10(14)7(2)11(15)12(9)16/h4,8,13H,3,5-6H2,1-2H3/t8-,13-. The molecule has 0 N–H and O–H groups in total. The second-order valence-corrected chi connectivity index (χ2v) is 4.47. The normalized spacial score (nSPS) is 24.3. The van der Waals surface area contributed by atoms with Crippen molar-refractivity contribution >= 4 is 0 Å². The largest absolute Gasteiger partial charge is 0.348 e. The number of hydrogen-bond donors (Lipinski definition) is 0. The van der Waals surface area contributed by atoms with Crippen LogP contribution in [-0.2, 0) is 9.47 Å². The third kappa shape index (κ3) is 2.37. The average molecular weight is 260 g/mol. The molecule has 5 heteroatoms. The summed E-state index contributed by atoms with van der Waals surface area (Å²) < 4.78 is 51.1. The van der Waals surface area contributed by atoms with E-state index in [2.05, 4.69) is 0 Å². The average Bonchev–Trinajstić information content (AvgIpc) is 2.41. The van der Waals surface area contributed by atoms with Crippen LogP contribution >= 0.6 is 0 Å². The first-order valence-electron chi connectivity index (χ1n) is 5.91. The van der Waals surface area contributed by atoms with Crippen molar-refractivity contribution in [3.63, 3.8) is 0 Å². The highest BCUT2D eigenvalue weighted by atomic mass is 19.2. The highest BCUT2D eigenvalue weighted by Gasteiger charge is 2.28. The fourth-order valence-electron chi connectivity index (χ4n) is 1.83. The third-order valence-electron chi connectivity index (χ3n) is 3.21. The number of ether oxygens (including phenoxy) is 2. The summed E-state index contributed by atoms with van der Waals surface area (Å²) in [5.74, 6) is -2.85. The minimum Gasteiger partial charge on any atom is -0.348 e. The Morgan fingerprint density at radius 1 is 1.17 bits per heavy atom. The van der Waals surface area contributed by atoms with E-state index in [1.807, 2.05) is 6.92 Å². The van der Waals surface area contributed by atoms with Crippen molar-refractivity contribution in [2.45, 2.75) is 26.6 Å². The topological polar surface area (TPSA) is 18.5 Å². The van der Waals surface area contributed by atoms with Gasteiger partial charge in [-0.3, -0.25) is 0 Å². The fourth-order valence-corrected chi connectivity index (χ4v) is 1.83. The van der Waals surface area contributed by atoms with Gasteiger partial charge in [-0.05, 0) is 19.4 Å². The Morgan fingerprint density at radius 3 is 2.33 bits per heavy atom.